The van der Waals surface area contributed by atoms with E-state index in [1.165, 1.54) is 5.06 Å². The van der Waals surface area contributed by atoms with Gasteiger partial charge in [0.15, 0.2) is 5.78 Å². The number of hydrogen-bond acceptors (Lipinski definition) is 3. The Balaban J connectivity index is 2.64. The van der Waals surface area contributed by atoms with Crippen LogP contribution in [0, 0.1) is 0 Å². The van der Waals surface area contributed by atoms with Crippen molar-refractivity contribution in [3.63, 3.8) is 0 Å². The standard InChI is InChI=1S/C10H19NO2/c1-10(2,3)11(13)8-6-4-5-7-9(8)12/h8,13H,4-7H2,1-3H3/t8-/m1/s1. The fraction of sp³-hybridized carbons (Fsp3) is 0.900. The average Bonchev–Trinajstić information content (AvgIpc) is 2.02. The van der Waals surface area contributed by atoms with Crippen LogP contribution in [0.25, 0.3) is 0 Å². The lowest BCUT2D eigenvalue weighted by Gasteiger charge is -2.37. The highest BCUT2D eigenvalue weighted by Gasteiger charge is 2.33. The Kier molecular flexibility index (Phi) is 3.09. The van der Waals surface area contributed by atoms with Crippen LogP contribution in [0.3, 0.4) is 0 Å². The second-order valence-corrected chi connectivity index (χ2v) is 4.74. The van der Waals surface area contributed by atoms with Crippen LogP contribution in [0.1, 0.15) is 46.5 Å². The van der Waals surface area contributed by atoms with Crippen molar-refractivity contribution >= 4 is 5.78 Å². The SMILES string of the molecule is CC(C)(C)N(O)[C@@H]1CCCCC1=O. The van der Waals surface area contributed by atoms with Crippen molar-refractivity contribution in [3.05, 3.63) is 0 Å². The molecule has 0 aromatic carbocycles. The molecule has 76 valence electrons. The van der Waals surface area contributed by atoms with Gasteiger partial charge in [-0.25, -0.2) is 0 Å². The van der Waals surface area contributed by atoms with Gasteiger partial charge in [0, 0.05) is 12.0 Å². The third-order valence-electron chi connectivity index (χ3n) is 2.50. The molecule has 1 aliphatic rings. The summed E-state index contributed by atoms with van der Waals surface area (Å²) in [6, 6.07) is -0.270. The Morgan fingerprint density at radius 1 is 1.38 bits per heavy atom. The van der Waals surface area contributed by atoms with E-state index in [2.05, 4.69) is 0 Å². The highest BCUT2D eigenvalue weighted by Crippen LogP contribution is 2.23. The Bertz CT molecular complexity index is 196. The molecule has 1 fully saturated rings. The number of carbonyl (C=O) groups excluding carboxylic acids is 1. The van der Waals surface area contributed by atoms with E-state index in [0.717, 1.165) is 19.3 Å². The smallest absolute Gasteiger partial charge is 0.152 e. The van der Waals surface area contributed by atoms with Gasteiger partial charge >= 0.3 is 0 Å². The van der Waals surface area contributed by atoms with E-state index in [1.807, 2.05) is 20.8 Å². The van der Waals surface area contributed by atoms with Crippen molar-refractivity contribution in [1.29, 1.82) is 0 Å². The van der Waals surface area contributed by atoms with Gasteiger partial charge in [-0.1, -0.05) is 6.42 Å². The maximum Gasteiger partial charge on any atom is 0.152 e. The minimum atomic E-state index is -0.336. The summed E-state index contributed by atoms with van der Waals surface area (Å²) in [6.45, 7) is 5.73. The van der Waals surface area contributed by atoms with Crippen LogP contribution in [0.4, 0.5) is 0 Å². The molecule has 0 aromatic heterocycles. The molecule has 0 bridgehead atoms. The van der Waals surface area contributed by atoms with E-state index in [-0.39, 0.29) is 17.4 Å². The van der Waals surface area contributed by atoms with Gasteiger partial charge in [0.25, 0.3) is 0 Å². The summed E-state index contributed by atoms with van der Waals surface area (Å²) in [5, 5.41) is 11.0. The first kappa shape index (κ1) is 10.7. The van der Waals surface area contributed by atoms with Gasteiger partial charge in [0.1, 0.15) is 0 Å². The zero-order valence-electron chi connectivity index (χ0n) is 8.71. The number of nitrogens with zero attached hydrogens (tertiary/aromatic N) is 1. The topological polar surface area (TPSA) is 40.5 Å². The van der Waals surface area contributed by atoms with Gasteiger partial charge in [-0.3, -0.25) is 4.79 Å². The van der Waals surface area contributed by atoms with Crippen LogP contribution in [0.15, 0.2) is 0 Å². The fourth-order valence-corrected chi connectivity index (χ4v) is 1.69. The number of Topliss-reactive ketones (excluding diaryl/α,β-unsaturated/α-hetero) is 1. The molecule has 0 aromatic rings. The quantitative estimate of drug-likeness (QED) is 0.635. The molecule has 1 rings (SSSR count). The Morgan fingerprint density at radius 3 is 2.46 bits per heavy atom. The molecule has 0 amide bonds. The number of hydroxylamine groups is 2. The molecule has 0 aliphatic heterocycles. The van der Waals surface area contributed by atoms with Crippen LogP contribution in [-0.4, -0.2) is 27.6 Å². The molecule has 0 radical (unpaired) electrons. The molecule has 1 atom stereocenters. The molecule has 1 N–H and O–H groups in total. The molecule has 1 aliphatic carbocycles. The third-order valence-corrected chi connectivity index (χ3v) is 2.50. The summed E-state index contributed by atoms with van der Waals surface area (Å²) in [5.74, 6) is 0.184. The van der Waals surface area contributed by atoms with Crippen molar-refractivity contribution in [1.82, 2.24) is 5.06 Å². The van der Waals surface area contributed by atoms with Gasteiger partial charge < -0.3 is 5.21 Å². The largest absolute Gasteiger partial charge is 0.313 e. The Hall–Kier alpha value is -0.410. The third kappa shape index (κ3) is 2.51. The molecule has 1 saturated carbocycles. The van der Waals surface area contributed by atoms with Gasteiger partial charge in [0.05, 0.1) is 6.04 Å². The number of ketones is 1. The fourth-order valence-electron chi connectivity index (χ4n) is 1.69. The number of rotatable bonds is 1. The second kappa shape index (κ2) is 3.76. The van der Waals surface area contributed by atoms with E-state index in [9.17, 15) is 10.0 Å². The summed E-state index contributed by atoms with van der Waals surface area (Å²) in [6.07, 6.45) is 3.45. The lowest BCUT2D eigenvalue weighted by molar-refractivity contribution is -0.194. The Labute approximate surface area is 79.7 Å². The molecule has 3 heteroatoms. The highest BCUT2D eigenvalue weighted by atomic mass is 16.5. The van der Waals surface area contributed by atoms with Crippen LogP contribution >= 0.6 is 0 Å². The van der Waals surface area contributed by atoms with E-state index < -0.39 is 0 Å². The predicted octanol–water partition coefficient (Wildman–Crippen LogP) is 1.99. The maximum atomic E-state index is 11.5. The zero-order valence-corrected chi connectivity index (χ0v) is 8.71. The van der Waals surface area contributed by atoms with E-state index >= 15 is 0 Å². The first-order valence-corrected chi connectivity index (χ1v) is 4.94. The summed E-state index contributed by atoms with van der Waals surface area (Å²) in [5.41, 5.74) is -0.336. The van der Waals surface area contributed by atoms with E-state index in [1.54, 1.807) is 0 Å². The lowest BCUT2D eigenvalue weighted by Crippen LogP contribution is -2.50. The van der Waals surface area contributed by atoms with Crippen molar-refractivity contribution in [2.75, 3.05) is 0 Å². The normalized spacial score (nSPS) is 25.3. The van der Waals surface area contributed by atoms with Crippen LogP contribution in [0.5, 0.6) is 0 Å². The second-order valence-electron chi connectivity index (χ2n) is 4.74. The van der Waals surface area contributed by atoms with Crippen molar-refractivity contribution in [2.24, 2.45) is 0 Å². The Morgan fingerprint density at radius 2 is 2.00 bits per heavy atom. The van der Waals surface area contributed by atoms with Gasteiger partial charge in [-0.05, 0) is 33.6 Å². The minimum absolute atomic E-state index is 0.184. The van der Waals surface area contributed by atoms with E-state index in [4.69, 9.17) is 0 Å². The van der Waals surface area contributed by atoms with Gasteiger partial charge in [-0.15, -0.1) is 0 Å². The summed E-state index contributed by atoms with van der Waals surface area (Å²) >= 11 is 0. The van der Waals surface area contributed by atoms with Crippen LogP contribution < -0.4 is 0 Å². The maximum absolute atomic E-state index is 11.5. The molecule has 0 unspecified atom stereocenters. The highest BCUT2D eigenvalue weighted by molar-refractivity contribution is 5.84. The van der Waals surface area contributed by atoms with Gasteiger partial charge in [0.2, 0.25) is 0 Å². The molecule has 13 heavy (non-hydrogen) atoms. The first-order valence-electron chi connectivity index (χ1n) is 4.94. The van der Waals surface area contributed by atoms with Crippen LogP contribution in [-0.2, 0) is 4.79 Å². The number of hydrogen-bond donors (Lipinski definition) is 1. The lowest BCUT2D eigenvalue weighted by atomic mass is 9.91. The molecule has 0 heterocycles. The summed E-state index contributed by atoms with van der Waals surface area (Å²) in [7, 11) is 0. The minimum Gasteiger partial charge on any atom is -0.313 e. The first-order chi connectivity index (χ1) is 5.93. The van der Waals surface area contributed by atoms with Crippen molar-refractivity contribution in [2.45, 2.75) is 58.0 Å². The molecule has 0 spiro atoms. The molecule has 3 nitrogen and oxygen atoms in total. The average molecular weight is 185 g/mol. The van der Waals surface area contributed by atoms with Crippen molar-refractivity contribution < 1.29 is 10.0 Å². The van der Waals surface area contributed by atoms with Gasteiger partial charge in [-0.2, -0.15) is 5.06 Å². The number of carbonyl (C=O) groups is 1. The van der Waals surface area contributed by atoms with E-state index in [0.29, 0.717) is 6.42 Å². The molecular formula is C10H19NO2. The van der Waals surface area contributed by atoms with Crippen molar-refractivity contribution in [3.8, 4) is 0 Å². The molecule has 0 saturated heterocycles. The summed E-state index contributed by atoms with van der Waals surface area (Å²) in [4.78, 5) is 11.5. The summed E-state index contributed by atoms with van der Waals surface area (Å²) < 4.78 is 0. The molecular weight excluding hydrogens is 166 g/mol. The van der Waals surface area contributed by atoms with Crippen LogP contribution in [0.2, 0.25) is 0 Å². The zero-order chi connectivity index (χ0) is 10.1. The monoisotopic (exact) mass is 185 g/mol. The predicted molar refractivity (Wildman–Crippen MR) is 50.6 cm³/mol.